The van der Waals surface area contributed by atoms with Crippen LogP contribution in [-0.4, -0.2) is 9.97 Å². The summed E-state index contributed by atoms with van der Waals surface area (Å²) in [6.07, 6.45) is 6.10. The lowest BCUT2D eigenvalue weighted by Gasteiger charge is -2.08. The van der Waals surface area contributed by atoms with Crippen LogP contribution in [0.25, 0.3) is 11.3 Å². The maximum atomic E-state index is 9.14. The molecule has 1 aromatic heterocycles. The third-order valence-electron chi connectivity index (χ3n) is 3.94. The zero-order valence-corrected chi connectivity index (χ0v) is 11.6. The van der Waals surface area contributed by atoms with Crippen molar-refractivity contribution in [1.29, 1.82) is 5.26 Å². The van der Waals surface area contributed by atoms with Gasteiger partial charge in [-0.2, -0.15) is 5.26 Å². The highest BCUT2D eigenvalue weighted by molar-refractivity contribution is 5.61. The van der Waals surface area contributed by atoms with Gasteiger partial charge in [-0.25, -0.2) is 9.97 Å². The highest BCUT2D eigenvalue weighted by Crippen LogP contribution is 2.27. The van der Waals surface area contributed by atoms with Gasteiger partial charge in [-0.15, -0.1) is 0 Å². The Balaban J connectivity index is 1.98. The van der Waals surface area contributed by atoms with Gasteiger partial charge < -0.3 is 0 Å². The second kappa shape index (κ2) is 5.42. The molecule has 0 saturated carbocycles. The Hall–Kier alpha value is -2.21. The van der Waals surface area contributed by atoms with Crippen LogP contribution in [0.4, 0.5) is 0 Å². The first-order chi connectivity index (χ1) is 9.81. The van der Waals surface area contributed by atoms with E-state index < -0.39 is 0 Å². The number of aromatic nitrogens is 2. The van der Waals surface area contributed by atoms with Crippen LogP contribution in [0.2, 0.25) is 0 Å². The molecule has 3 rings (SSSR count). The van der Waals surface area contributed by atoms with Gasteiger partial charge in [-0.3, -0.25) is 0 Å². The first-order valence-corrected chi connectivity index (χ1v) is 7.16. The van der Waals surface area contributed by atoms with E-state index in [1.54, 1.807) is 6.20 Å². The molecule has 0 bridgehead atoms. The largest absolute Gasteiger partial charge is 0.240 e. The summed E-state index contributed by atoms with van der Waals surface area (Å²) in [5.74, 6) is 0.414. The Morgan fingerprint density at radius 3 is 2.90 bits per heavy atom. The number of fused-ring (bicyclic) bond motifs is 1. The summed E-state index contributed by atoms with van der Waals surface area (Å²) in [5.41, 5.74) is 4.95. The number of nitrogens with zero attached hydrogens (tertiary/aromatic N) is 3. The molecule has 0 saturated heterocycles. The summed E-state index contributed by atoms with van der Waals surface area (Å²) in [6, 6.07) is 10.8. The molecule has 0 aliphatic heterocycles. The molecule has 0 amide bonds. The monoisotopic (exact) mass is 263 g/mol. The fraction of sp³-hybridized carbons (Fsp3) is 0.353. The van der Waals surface area contributed by atoms with Crippen molar-refractivity contribution in [2.24, 2.45) is 0 Å². The minimum atomic E-state index is -0.218. The Kier molecular flexibility index (Phi) is 3.47. The van der Waals surface area contributed by atoms with E-state index in [0.717, 1.165) is 24.1 Å². The highest BCUT2D eigenvalue weighted by Gasteiger charge is 2.14. The van der Waals surface area contributed by atoms with Gasteiger partial charge in [-0.1, -0.05) is 19.1 Å². The van der Waals surface area contributed by atoms with E-state index in [0.29, 0.717) is 5.82 Å². The second-order valence-electron chi connectivity index (χ2n) is 5.23. The van der Waals surface area contributed by atoms with Gasteiger partial charge in [0.25, 0.3) is 0 Å². The van der Waals surface area contributed by atoms with Gasteiger partial charge in [0.1, 0.15) is 11.7 Å². The first kappa shape index (κ1) is 12.8. The third kappa shape index (κ3) is 2.30. The van der Waals surface area contributed by atoms with Crippen LogP contribution < -0.4 is 0 Å². The number of nitriles is 1. The highest BCUT2D eigenvalue weighted by atomic mass is 14.9. The molecule has 20 heavy (non-hydrogen) atoms. The van der Waals surface area contributed by atoms with E-state index in [1.807, 2.05) is 13.0 Å². The van der Waals surface area contributed by atoms with Crippen molar-refractivity contribution in [2.75, 3.05) is 0 Å². The lowest BCUT2D eigenvalue weighted by molar-refractivity contribution is 0.752. The third-order valence-corrected chi connectivity index (χ3v) is 3.94. The molecule has 1 aliphatic rings. The molecule has 1 atom stereocenters. The van der Waals surface area contributed by atoms with E-state index in [1.165, 1.54) is 24.0 Å². The minimum Gasteiger partial charge on any atom is -0.240 e. The molecule has 1 unspecified atom stereocenters. The first-order valence-electron chi connectivity index (χ1n) is 7.16. The van der Waals surface area contributed by atoms with Crippen LogP contribution in [0.1, 0.15) is 42.6 Å². The van der Waals surface area contributed by atoms with Crippen LogP contribution in [0.3, 0.4) is 0 Å². The summed E-state index contributed by atoms with van der Waals surface area (Å²) in [5, 5.41) is 9.14. The zero-order valence-electron chi connectivity index (χ0n) is 11.6. The topological polar surface area (TPSA) is 49.6 Å². The summed E-state index contributed by atoms with van der Waals surface area (Å²) in [6.45, 7) is 1.99. The Labute approximate surface area is 119 Å². The molecular weight excluding hydrogens is 246 g/mol. The molecular formula is C17H17N3. The molecule has 0 fully saturated rings. The lowest BCUT2D eigenvalue weighted by atomic mass is 10.0. The Morgan fingerprint density at radius 1 is 1.25 bits per heavy atom. The van der Waals surface area contributed by atoms with Gasteiger partial charge in [0, 0.05) is 11.8 Å². The number of hydrogen-bond donors (Lipinski definition) is 0. The predicted octanol–water partition coefficient (Wildman–Crippen LogP) is 3.65. The smallest absolute Gasteiger partial charge is 0.146 e. The second-order valence-corrected chi connectivity index (χ2v) is 5.23. The van der Waals surface area contributed by atoms with Gasteiger partial charge in [0.15, 0.2) is 0 Å². The SMILES string of the molecule is CCC(C#N)c1nccc(-c2ccc3c(c2)CCC3)n1. The molecule has 3 nitrogen and oxygen atoms in total. The van der Waals surface area contributed by atoms with Crippen LogP contribution >= 0.6 is 0 Å². The fourth-order valence-electron chi connectivity index (χ4n) is 2.77. The number of benzene rings is 1. The van der Waals surface area contributed by atoms with Gasteiger partial charge in [-0.05, 0) is 48.9 Å². The number of aryl methyl sites for hydroxylation is 2. The Morgan fingerprint density at radius 2 is 2.10 bits per heavy atom. The fourth-order valence-corrected chi connectivity index (χ4v) is 2.77. The summed E-state index contributed by atoms with van der Waals surface area (Å²) in [4.78, 5) is 8.82. The van der Waals surface area contributed by atoms with Crippen LogP contribution in [0.5, 0.6) is 0 Å². The molecule has 3 heteroatoms. The molecule has 2 aromatic rings. The normalized spacial score (nSPS) is 14.6. The van der Waals surface area contributed by atoms with Crippen molar-refractivity contribution in [2.45, 2.75) is 38.5 Å². The molecule has 1 aromatic carbocycles. The molecule has 0 radical (unpaired) electrons. The van der Waals surface area contributed by atoms with Crippen molar-refractivity contribution < 1.29 is 0 Å². The van der Waals surface area contributed by atoms with Crippen LogP contribution in [0.15, 0.2) is 30.5 Å². The maximum absolute atomic E-state index is 9.14. The van der Waals surface area contributed by atoms with E-state index in [9.17, 15) is 0 Å². The van der Waals surface area contributed by atoms with Crippen molar-refractivity contribution in [1.82, 2.24) is 9.97 Å². The van der Waals surface area contributed by atoms with Gasteiger partial charge in [0.05, 0.1) is 11.8 Å². The summed E-state index contributed by atoms with van der Waals surface area (Å²) in [7, 11) is 0. The standard InChI is InChI=1S/C17H17N3/c1-2-12(11-18)17-19-9-8-16(20-17)15-7-6-13-4-3-5-14(13)10-15/h6-10,12H,2-5H2,1H3. The summed E-state index contributed by atoms with van der Waals surface area (Å²) >= 11 is 0. The molecule has 1 aliphatic carbocycles. The molecule has 0 spiro atoms. The Bertz CT molecular complexity index is 670. The quantitative estimate of drug-likeness (QED) is 0.849. The summed E-state index contributed by atoms with van der Waals surface area (Å²) < 4.78 is 0. The van der Waals surface area contributed by atoms with Crippen molar-refractivity contribution in [3.8, 4) is 17.3 Å². The molecule has 0 N–H and O–H groups in total. The minimum absolute atomic E-state index is 0.218. The van der Waals surface area contributed by atoms with E-state index in [-0.39, 0.29) is 5.92 Å². The van der Waals surface area contributed by atoms with Gasteiger partial charge >= 0.3 is 0 Å². The molecule has 100 valence electrons. The van der Waals surface area contributed by atoms with E-state index in [2.05, 4.69) is 34.2 Å². The van der Waals surface area contributed by atoms with Crippen LogP contribution in [0, 0.1) is 11.3 Å². The van der Waals surface area contributed by atoms with Crippen molar-refractivity contribution in [3.63, 3.8) is 0 Å². The van der Waals surface area contributed by atoms with E-state index >= 15 is 0 Å². The zero-order chi connectivity index (χ0) is 13.9. The van der Waals surface area contributed by atoms with Gasteiger partial charge in [0.2, 0.25) is 0 Å². The maximum Gasteiger partial charge on any atom is 0.146 e. The average Bonchev–Trinajstić information content (AvgIpc) is 2.96. The van der Waals surface area contributed by atoms with Crippen LogP contribution in [-0.2, 0) is 12.8 Å². The van der Waals surface area contributed by atoms with Crippen molar-refractivity contribution in [3.05, 3.63) is 47.4 Å². The number of rotatable bonds is 3. The predicted molar refractivity (Wildman–Crippen MR) is 78.1 cm³/mol. The average molecular weight is 263 g/mol. The lowest BCUT2D eigenvalue weighted by Crippen LogP contribution is -2.02. The number of hydrogen-bond acceptors (Lipinski definition) is 3. The molecule has 1 heterocycles. The van der Waals surface area contributed by atoms with Crippen molar-refractivity contribution >= 4 is 0 Å². The van der Waals surface area contributed by atoms with E-state index in [4.69, 9.17) is 5.26 Å².